The summed E-state index contributed by atoms with van der Waals surface area (Å²) in [6.07, 6.45) is 2.83. The molecule has 1 atom stereocenters. The summed E-state index contributed by atoms with van der Waals surface area (Å²) < 4.78 is 0. The van der Waals surface area contributed by atoms with Crippen LogP contribution in [0.15, 0.2) is 60.8 Å². The van der Waals surface area contributed by atoms with Crippen molar-refractivity contribution in [1.82, 2.24) is 20.3 Å². The maximum Gasteiger partial charge on any atom is 0.220 e. The smallest absolute Gasteiger partial charge is 0.220 e. The summed E-state index contributed by atoms with van der Waals surface area (Å²) in [5.41, 5.74) is 3.02. The molecular formula is C21H20N4OS. The third-order valence-corrected chi connectivity index (χ3v) is 5.60. The summed E-state index contributed by atoms with van der Waals surface area (Å²) in [5, 5.41) is 4.02. The van der Waals surface area contributed by atoms with Crippen LogP contribution in [0.4, 0.5) is 0 Å². The number of amides is 1. The summed E-state index contributed by atoms with van der Waals surface area (Å²) in [6, 6.07) is 17.9. The average molecular weight is 376 g/mol. The van der Waals surface area contributed by atoms with Gasteiger partial charge in [-0.25, -0.2) is 9.97 Å². The molecule has 0 saturated carbocycles. The third-order valence-electron chi connectivity index (χ3n) is 4.38. The maximum atomic E-state index is 12.3. The molecule has 0 bridgehead atoms. The third kappa shape index (κ3) is 4.06. The van der Waals surface area contributed by atoms with Crippen molar-refractivity contribution < 1.29 is 4.79 Å². The minimum Gasteiger partial charge on any atom is -0.349 e. The Hall–Kier alpha value is -2.99. The highest BCUT2D eigenvalue weighted by molar-refractivity contribution is 7.15. The zero-order valence-electron chi connectivity index (χ0n) is 15.0. The van der Waals surface area contributed by atoms with Crippen LogP contribution in [0.5, 0.6) is 0 Å². The Labute approximate surface area is 161 Å². The number of H-pyrrole nitrogens is 1. The van der Waals surface area contributed by atoms with Gasteiger partial charge in [-0.1, -0.05) is 42.5 Å². The summed E-state index contributed by atoms with van der Waals surface area (Å²) in [5.74, 6) is 0.848. The second-order valence-electron chi connectivity index (χ2n) is 6.42. The molecule has 1 unspecified atom stereocenters. The van der Waals surface area contributed by atoms with E-state index in [1.165, 1.54) is 0 Å². The fourth-order valence-corrected chi connectivity index (χ4v) is 3.87. The molecule has 2 aromatic carbocycles. The first-order valence-electron chi connectivity index (χ1n) is 8.93. The number of para-hydroxylation sites is 2. The predicted octanol–water partition coefficient (Wildman–Crippen LogP) is 4.50. The number of carbonyl (C=O) groups is 1. The zero-order chi connectivity index (χ0) is 18.6. The van der Waals surface area contributed by atoms with Crippen molar-refractivity contribution >= 4 is 28.3 Å². The molecule has 2 heterocycles. The largest absolute Gasteiger partial charge is 0.349 e. The highest BCUT2D eigenvalue weighted by atomic mass is 32.1. The van der Waals surface area contributed by atoms with Crippen LogP contribution in [0.25, 0.3) is 21.6 Å². The fourth-order valence-electron chi connectivity index (χ4n) is 2.94. The van der Waals surface area contributed by atoms with Crippen LogP contribution in [0.1, 0.15) is 30.1 Å². The van der Waals surface area contributed by atoms with E-state index in [1.807, 2.05) is 67.7 Å². The van der Waals surface area contributed by atoms with E-state index in [9.17, 15) is 4.79 Å². The van der Waals surface area contributed by atoms with E-state index in [2.05, 4.69) is 20.3 Å². The molecule has 2 aromatic heterocycles. The van der Waals surface area contributed by atoms with Crippen molar-refractivity contribution in [2.45, 2.75) is 25.8 Å². The van der Waals surface area contributed by atoms with Gasteiger partial charge < -0.3 is 10.3 Å². The first kappa shape index (κ1) is 17.4. The van der Waals surface area contributed by atoms with Crippen molar-refractivity contribution in [1.29, 1.82) is 0 Å². The lowest BCUT2D eigenvalue weighted by Gasteiger charge is -2.11. The van der Waals surface area contributed by atoms with E-state index in [1.54, 1.807) is 11.3 Å². The molecule has 0 aliphatic rings. The topological polar surface area (TPSA) is 70.7 Å². The summed E-state index contributed by atoms with van der Waals surface area (Å²) in [6.45, 7) is 1.99. The first-order valence-corrected chi connectivity index (χ1v) is 9.75. The number of nitrogens with zero attached hydrogens (tertiary/aromatic N) is 2. The van der Waals surface area contributed by atoms with Gasteiger partial charge in [0.25, 0.3) is 0 Å². The van der Waals surface area contributed by atoms with E-state index in [4.69, 9.17) is 0 Å². The molecule has 0 fully saturated rings. The molecule has 4 rings (SSSR count). The quantitative estimate of drug-likeness (QED) is 0.521. The van der Waals surface area contributed by atoms with Gasteiger partial charge in [-0.15, -0.1) is 11.3 Å². The number of fused-ring (bicyclic) bond motifs is 1. The molecule has 0 aliphatic heterocycles. The summed E-state index contributed by atoms with van der Waals surface area (Å²) in [4.78, 5) is 25.6. The molecule has 0 saturated heterocycles. The second-order valence-corrected chi connectivity index (χ2v) is 7.49. The van der Waals surface area contributed by atoms with E-state index >= 15 is 0 Å². The Morgan fingerprint density at radius 1 is 1.15 bits per heavy atom. The van der Waals surface area contributed by atoms with Crippen molar-refractivity contribution in [2.24, 2.45) is 0 Å². The van der Waals surface area contributed by atoms with E-state index in [0.717, 1.165) is 32.3 Å². The van der Waals surface area contributed by atoms with Crippen LogP contribution in [0.2, 0.25) is 0 Å². The number of hydrogen-bond donors (Lipinski definition) is 2. The molecule has 1 amide bonds. The van der Waals surface area contributed by atoms with E-state index < -0.39 is 0 Å². The number of aryl methyl sites for hydroxylation is 1. The van der Waals surface area contributed by atoms with Crippen LogP contribution < -0.4 is 5.32 Å². The molecule has 5 nitrogen and oxygen atoms in total. The van der Waals surface area contributed by atoms with Gasteiger partial charge in [0, 0.05) is 29.5 Å². The molecule has 0 spiro atoms. The summed E-state index contributed by atoms with van der Waals surface area (Å²) in [7, 11) is 0. The Balaban J connectivity index is 1.34. The van der Waals surface area contributed by atoms with Crippen LogP contribution in [0.3, 0.4) is 0 Å². The predicted molar refractivity (Wildman–Crippen MR) is 109 cm³/mol. The van der Waals surface area contributed by atoms with Crippen LogP contribution >= 0.6 is 11.3 Å². The van der Waals surface area contributed by atoms with Crippen molar-refractivity contribution in [3.05, 3.63) is 71.5 Å². The van der Waals surface area contributed by atoms with Crippen LogP contribution in [-0.4, -0.2) is 20.9 Å². The lowest BCUT2D eigenvalue weighted by atomic mass is 10.2. The Morgan fingerprint density at radius 3 is 2.74 bits per heavy atom. The molecule has 4 aromatic rings. The number of aromatic nitrogens is 3. The van der Waals surface area contributed by atoms with Gasteiger partial charge in [0.1, 0.15) is 10.8 Å². The van der Waals surface area contributed by atoms with Gasteiger partial charge in [0.05, 0.1) is 17.1 Å². The molecule has 6 heteroatoms. The molecular weight excluding hydrogens is 356 g/mol. The van der Waals surface area contributed by atoms with Gasteiger partial charge in [0.2, 0.25) is 5.91 Å². The van der Waals surface area contributed by atoms with Crippen molar-refractivity contribution in [3.63, 3.8) is 0 Å². The summed E-state index contributed by atoms with van der Waals surface area (Å²) >= 11 is 1.61. The number of nitrogens with one attached hydrogen (secondary N) is 2. The van der Waals surface area contributed by atoms with Gasteiger partial charge in [-0.2, -0.15) is 0 Å². The second kappa shape index (κ2) is 7.72. The SMILES string of the molecule is CC(NC(=O)CCc1nc2ccccc2[nH]1)c1cnc(-c2ccccc2)s1. The maximum absolute atomic E-state index is 12.3. The molecule has 2 N–H and O–H groups in total. The number of thiazole rings is 1. The normalized spacial score (nSPS) is 12.2. The minimum atomic E-state index is -0.0665. The van der Waals surface area contributed by atoms with Crippen molar-refractivity contribution in [3.8, 4) is 10.6 Å². The van der Waals surface area contributed by atoms with E-state index in [-0.39, 0.29) is 11.9 Å². The van der Waals surface area contributed by atoms with E-state index in [0.29, 0.717) is 12.8 Å². The monoisotopic (exact) mass is 376 g/mol. The number of benzene rings is 2. The molecule has 27 heavy (non-hydrogen) atoms. The van der Waals surface area contributed by atoms with Crippen molar-refractivity contribution in [2.75, 3.05) is 0 Å². The Kier molecular flexibility index (Phi) is 4.98. The van der Waals surface area contributed by atoms with Crippen LogP contribution in [0, 0.1) is 0 Å². The molecule has 0 aliphatic carbocycles. The Morgan fingerprint density at radius 2 is 1.93 bits per heavy atom. The highest BCUT2D eigenvalue weighted by Crippen LogP contribution is 2.28. The Bertz CT molecular complexity index is 1020. The number of rotatable bonds is 6. The van der Waals surface area contributed by atoms with Crippen LogP contribution in [-0.2, 0) is 11.2 Å². The van der Waals surface area contributed by atoms with Gasteiger partial charge >= 0.3 is 0 Å². The lowest BCUT2D eigenvalue weighted by molar-refractivity contribution is -0.121. The molecule has 136 valence electrons. The average Bonchev–Trinajstić information content (AvgIpc) is 3.34. The molecule has 0 radical (unpaired) electrons. The standard InChI is InChI=1S/C21H20N4OS/c1-14(18-13-22-21(27-18)15-7-3-2-4-8-15)23-20(26)12-11-19-24-16-9-5-6-10-17(16)25-19/h2-10,13-14H,11-12H2,1H3,(H,23,26)(H,24,25). The number of imidazole rings is 1. The zero-order valence-corrected chi connectivity index (χ0v) is 15.8. The highest BCUT2D eigenvalue weighted by Gasteiger charge is 2.14. The van der Waals surface area contributed by atoms with Gasteiger partial charge in [0.15, 0.2) is 0 Å². The minimum absolute atomic E-state index is 0.0117. The number of hydrogen-bond acceptors (Lipinski definition) is 4. The first-order chi connectivity index (χ1) is 13.2. The van der Waals surface area contributed by atoms with Gasteiger partial charge in [-0.05, 0) is 19.1 Å². The fraction of sp³-hybridized carbons (Fsp3) is 0.190. The lowest BCUT2D eigenvalue weighted by Crippen LogP contribution is -2.26. The number of carbonyl (C=O) groups excluding carboxylic acids is 1. The number of aromatic amines is 1. The van der Waals surface area contributed by atoms with Gasteiger partial charge in [-0.3, -0.25) is 4.79 Å².